The summed E-state index contributed by atoms with van der Waals surface area (Å²) in [5.74, 6) is 1.00. The highest BCUT2D eigenvalue weighted by Gasteiger charge is 2.21. The van der Waals surface area contributed by atoms with Gasteiger partial charge in [0, 0.05) is 18.6 Å². The van der Waals surface area contributed by atoms with Crippen molar-refractivity contribution in [3.63, 3.8) is 0 Å². The van der Waals surface area contributed by atoms with E-state index >= 15 is 0 Å². The minimum absolute atomic E-state index is 0.0928. The number of aliphatic hydroxyl groups is 1. The van der Waals surface area contributed by atoms with E-state index in [0.29, 0.717) is 12.3 Å². The van der Waals surface area contributed by atoms with Crippen LogP contribution < -0.4 is 4.74 Å². The molecule has 0 radical (unpaired) electrons. The van der Waals surface area contributed by atoms with Crippen LogP contribution in [0.15, 0.2) is 24.3 Å². The van der Waals surface area contributed by atoms with Crippen molar-refractivity contribution in [1.29, 1.82) is 0 Å². The maximum atomic E-state index is 9.28. The molecular weight excluding hydrogens is 252 g/mol. The van der Waals surface area contributed by atoms with Gasteiger partial charge in [-0.15, -0.1) is 0 Å². The van der Waals surface area contributed by atoms with E-state index in [1.165, 1.54) is 5.56 Å². The van der Waals surface area contributed by atoms with Crippen LogP contribution in [0.1, 0.15) is 36.6 Å². The average Bonchev–Trinajstić information content (AvgIpc) is 2.78. The molecule has 20 heavy (non-hydrogen) atoms. The number of aryl methyl sites for hydroxylation is 1. The SMILES string of the molecule is COc1c(CCO)c(C(C)C)nn1-c1cccc(C)c1. The van der Waals surface area contributed by atoms with E-state index in [-0.39, 0.29) is 12.5 Å². The van der Waals surface area contributed by atoms with Crippen molar-refractivity contribution in [3.05, 3.63) is 41.1 Å². The molecule has 1 aromatic heterocycles. The van der Waals surface area contributed by atoms with Gasteiger partial charge in [0.25, 0.3) is 0 Å². The number of methoxy groups -OCH3 is 1. The van der Waals surface area contributed by atoms with E-state index in [9.17, 15) is 5.11 Å². The Morgan fingerprint density at radius 3 is 2.65 bits per heavy atom. The highest BCUT2D eigenvalue weighted by molar-refractivity contribution is 5.43. The summed E-state index contributed by atoms with van der Waals surface area (Å²) in [7, 11) is 1.65. The summed E-state index contributed by atoms with van der Waals surface area (Å²) < 4.78 is 7.37. The first kappa shape index (κ1) is 14.6. The van der Waals surface area contributed by atoms with Crippen LogP contribution in [-0.4, -0.2) is 28.6 Å². The molecule has 1 heterocycles. The number of hydrogen-bond donors (Lipinski definition) is 1. The molecule has 0 aliphatic rings. The first-order valence-corrected chi connectivity index (χ1v) is 6.92. The standard InChI is InChI=1S/C16H22N2O2/c1-11(2)15-14(8-9-19)16(20-4)18(17-15)13-7-5-6-12(3)10-13/h5-7,10-11,19H,8-9H2,1-4H3. The lowest BCUT2D eigenvalue weighted by Gasteiger charge is -2.08. The molecule has 0 saturated carbocycles. The van der Waals surface area contributed by atoms with E-state index in [4.69, 9.17) is 9.84 Å². The maximum absolute atomic E-state index is 9.28. The largest absolute Gasteiger partial charge is 0.481 e. The molecule has 0 aliphatic carbocycles. The van der Waals surface area contributed by atoms with Crippen LogP contribution >= 0.6 is 0 Å². The summed E-state index contributed by atoms with van der Waals surface area (Å²) in [6.45, 7) is 6.35. The number of rotatable bonds is 5. The predicted octanol–water partition coefficient (Wildman–Crippen LogP) is 2.85. The van der Waals surface area contributed by atoms with E-state index in [1.807, 2.05) is 16.8 Å². The number of nitrogens with zero attached hydrogens (tertiary/aromatic N) is 2. The van der Waals surface area contributed by atoms with Gasteiger partial charge in [-0.25, -0.2) is 4.68 Å². The molecule has 1 N–H and O–H groups in total. The Hall–Kier alpha value is -1.81. The van der Waals surface area contributed by atoms with Gasteiger partial charge in [-0.05, 0) is 30.5 Å². The zero-order valence-corrected chi connectivity index (χ0v) is 12.6. The highest BCUT2D eigenvalue weighted by Crippen LogP contribution is 2.30. The van der Waals surface area contributed by atoms with Gasteiger partial charge in [-0.2, -0.15) is 5.10 Å². The van der Waals surface area contributed by atoms with Crippen LogP contribution in [-0.2, 0) is 6.42 Å². The van der Waals surface area contributed by atoms with Crippen LogP contribution in [0.25, 0.3) is 5.69 Å². The number of aliphatic hydroxyl groups excluding tert-OH is 1. The fourth-order valence-electron chi connectivity index (χ4n) is 2.41. The number of aromatic nitrogens is 2. The second-order valence-corrected chi connectivity index (χ2v) is 5.25. The van der Waals surface area contributed by atoms with Crippen molar-refractivity contribution < 1.29 is 9.84 Å². The second-order valence-electron chi connectivity index (χ2n) is 5.25. The van der Waals surface area contributed by atoms with Gasteiger partial charge in [0.15, 0.2) is 0 Å². The molecule has 4 nitrogen and oxygen atoms in total. The number of benzene rings is 1. The lowest BCUT2D eigenvalue weighted by atomic mass is 10.0. The first-order chi connectivity index (χ1) is 9.58. The van der Waals surface area contributed by atoms with Crippen LogP contribution in [0.4, 0.5) is 0 Å². The van der Waals surface area contributed by atoms with Gasteiger partial charge in [-0.3, -0.25) is 0 Å². The van der Waals surface area contributed by atoms with Crippen molar-refractivity contribution >= 4 is 0 Å². The van der Waals surface area contributed by atoms with E-state index in [1.54, 1.807) is 7.11 Å². The number of hydrogen-bond acceptors (Lipinski definition) is 3. The van der Waals surface area contributed by atoms with Gasteiger partial charge >= 0.3 is 0 Å². The predicted molar refractivity (Wildman–Crippen MR) is 79.7 cm³/mol. The van der Waals surface area contributed by atoms with Gasteiger partial charge in [0.05, 0.1) is 18.5 Å². The average molecular weight is 274 g/mol. The molecule has 0 spiro atoms. The fourth-order valence-corrected chi connectivity index (χ4v) is 2.41. The Morgan fingerprint density at radius 2 is 2.10 bits per heavy atom. The highest BCUT2D eigenvalue weighted by atomic mass is 16.5. The Balaban J connectivity index is 2.61. The van der Waals surface area contributed by atoms with Crippen LogP contribution in [0.3, 0.4) is 0 Å². The molecule has 0 fully saturated rings. The third kappa shape index (κ3) is 2.70. The Morgan fingerprint density at radius 1 is 1.35 bits per heavy atom. The van der Waals surface area contributed by atoms with E-state index < -0.39 is 0 Å². The number of ether oxygens (including phenoxy) is 1. The zero-order chi connectivity index (χ0) is 14.7. The van der Waals surface area contributed by atoms with Crippen molar-refractivity contribution in [2.45, 2.75) is 33.1 Å². The van der Waals surface area contributed by atoms with Crippen molar-refractivity contribution in [1.82, 2.24) is 9.78 Å². The Kier molecular flexibility index (Phi) is 4.45. The summed E-state index contributed by atoms with van der Waals surface area (Å²) in [4.78, 5) is 0. The molecule has 1 aromatic carbocycles. The molecule has 0 saturated heterocycles. The maximum Gasteiger partial charge on any atom is 0.220 e. The van der Waals surface area contributed by atoms with Crippen LogP contribution in [0.5, 0.6) is 5.88 Å². The van der Waals surface area contributed by atoms with Gasteiger partial charge in [0.2, 0.25) is 5.88 Å². The third-order valence-corrected chi connectivity index (χ3v) is 3.32. The zero-order valence-electron chi connectivity index (χ0n) is 12.6. The molecule has 0 atom stereocenters. The van der Waals surface area contributed by atoms with Gasteiger partial charge in [0.1, 0.15) is 0 Å². The molecule has 2 rings (SSSR count). The van der Waals surface area contributed by atoms with Gasteiger partial charge in [-0.1, -0.05) is 26.0 Å². The quantitative estimate of drug-likeness (QED) is 0.912. The Labute approximate surface area is 120 Å². The topological polar surface area (TPSA) is 47.3 Å². The van der Waals surface area contributed by atoms with E-state index in [0.717, 1.165) is 16.9 Å². The Bertz CT molecular complexity index is 588. The smallest absolute Gasteiger partial charge is 0.220 e. The minimum atomic E-state index is 0.0928. The molecule has 108 valence electrons. The lowest BCUT2D eigenvalue weighted by molar-refractivity contribution is 0.295. The first-order valence-electron chi connectivity index (χ1n) is 6.92. The molecule has 0 amide bonds. The molecule has 2 aromatic rings. The van der Waals surface area contributed by atoms with Crippen LogP contribution in [0.2, 0.25) is 0 Å². The molecule has 4 heteroatoms. The summed E-state index contributed by atoms with van der Waals surface area (Å²) in [6.07, 6.45) is 0.558. The van der Waals surface area contributed by atoms with Crippen molar-refractivity contribution in [3.8, 4) is 11.6 Å². The minimum Gasteiger partial charge on any atom is -0.481 e. The second kappa shape index (κ2) is 6.09. The monoisotopic (exact) mass is 274 g/mol. The summed E-state index contributed by atoms with van der Waals surface area (Å²) in [5, 5.41) is 14.0. The molecular formula is C16H22N2O2. The molecule has 0 bridgehead atoms. The lowest BCUT2D eigenvalue weighted by Crippen LogP contribution is -2.01. The van der Waals surface area contributed by atoms with Crippen molar-refractivity contribution in [2.24, 2.45) is 0 Å². The fraction of sp³-hybridized carbons (Fsp3) is 0.438. The third-order valence-electron chi connectivity index (χ3n) is 3.32. The summed E-state index contributed by atoms with van der Waals surface area (Å²) >= 11 is 0. The molecule has 0 unspecified atom stereocenters. The van der Waals surface area contributed by atoms with Gasteiger partial charge < -0.3 is 9.84 Å². The van der Waals surface area contributed by atoms with Crippen molar-refractivity contribution in [2.75, 3.05) is 13.7 Å². The van der Waals surface area contributed by atoms with Crippen LogP contribution in [0, 0.1) is 6.92 Å². The normalized spacial score (nSPS) is 11.1. The molecule has 0 aliphatic heterocycles. The van der Waals surface area contributed by atoms with E-state index in [2.05, 4.69) is 32.9 Å². The summed E-state index contributed by atoms with van der Waals surface area (Å²) in [6, 6.07) is 8.14. The summed E-state index contributed by atoms with van der Waals surface area (Å²) in [5.41, 5.74) is 4.13.